The van der Waals surface area contributed by atoms with E-state index in [-0.39, 0.29) is 11.7 Å². The molecule has 0 aliphatic heterocycles. The molecule has 4 aromatic carbocycles. The molecule has 2 atom stereocenters. The van der Waals surface area contributed by atoms with Crippen molar-refractivity contribution in [2.24, 2.45) is 5.73 Å². The van der Waals surface area contributed by atoms with Crippen LogP contribution in [0.5, 0.6) is 5.75 Å². The highest BCUT2D eigenvalue weighted by molar-refractivity contribution is 5.84. The van der Waals surface area contributed by atoms with Crippen molar-refractivity contribution >= 4 is 16.8 Å². The van der Waals surface area contributed by atoms with Crippen LogP contribution in [0, 0.1) is 13.8 Å². The second kappa shape index (κ2) is 12.6. The van der Waals surface area contributed by atoms with E-state index in [9.17, 15) is 9.90 Å². The first-order chi connectivity index (χ1) is 21.3. The predicted molar refractivity (Wildman–Crippen MR) is 171 cm³/mol. The highest BCUT2D eigenvalue weighted by atomic mass is 16.5. The van der Waals surface area contributed by atoms with E-state index in [0.29, 0.717) is 31.0 Å². The number of aromatic amines is 1. The molecule has 0 saturated carbocycles. The van der Waals surface area contributed by atoms with Crippen molar-refractivity contribution < 1.29 is 14.4 Å². The third-order valence-corrected chi connectivity index (χ3v) is 8.06. The van der Waals surface area contributed by atoms with Crippen molar-refractivity contribution in [1.82, 2.24) is 20.4 Å². The van der Waals surface area contributed by atoms with Crippen LogP contribution < -0.4 is 11.1 Å². The zero-order chi connectivity index (χ0) is 30.6. The number of rotatable bonds is 10. The number of fused-ring (bicyclic) bond motifs is 1. The van der Waals surface area contributed by atoms with Gasteiger partial charge in [-0.25, -0.2) is 0 Å². The highest BCUT2D eigenvalue weighted by Gasteiger charge is 2.26. The number of carbonyl (C=O) groups excluding carboxylic acids is 1. The second-order valence-electron chi connectivity index (χ2n) is 11.3. The molecule has 5 N–H and O–H groups in total. The van der Waals surface area contributed by atoms with Gasteiger partial charge in [0.2, 0.25) is 11.8 Å². The van der Waals surface area contributed by atoms with E-state index in [1.54, 1.807) is 12.1 Å². The number of para-hydroxylation sites is 1. The number of hydrogen-bond acceptors (Lipinski definition) is 6. The van der Waals surface area contributed by atoms with Gasteiger partial charge < -0.3 is 25.7 Å². The Kier molecular flexibility index (Phi) is 8.25. The molecule has 44 heavy (non-hydrogen) atoms. The van der Waals surface area contributed by atoms with Gasteiger partial charge in [0.25, 0.3) is 0 Å². The SMILES string of the molecule is Cc1cc(O)cc(C)c1CC(N)C(=O)N[C@@H](Cc1c[nH]c2ccccc12)c1nc(Cc2ccc(-c3ccccc3)cc2)no1. The van der Waals surface area contributed by atoms with Gasteiger partial charge in [0.15, 0.2) is 5.82 Å². The number of nitrogens with zero attached hydrogens (tertiary/aromatic N) is 2. The van der Waals surface area contributed by atoms with Crippen molar-refractivity contribution in [3.8, 4) is 16.9 Å². The number of H-pyrrole nitrogens is 1. The van der Waals surface area contributed by atoms with Crippen LogP contribution in [0.15, 0.2) is 102 Å². The average molecular weight is 586 g/mol. The Morgan fingerprint density at radius 2 is 1.61 bits per heavy atom. The Morgan fingerprint density at radius 1 is 0.932 bits per heavy atom. The van der Waals surface area contributed by atoms with Crippen LogP contribution in [0.3, 0.4) is 0 Å². The lowest BCUT2D eigenvalue weighted by Crippen LogP contribution is -2.44. The number of aromatic hydroxyl groups is 1. The van der Waals surface area contributed by atoms with Crippen molar-refractivity contribution in [3.05, 3.63) is 137 Å². The van der Waals surface area contributed by atoms with Gasteiger partial charge in [-0.3, -0.25) is 4.79 Å². The van der Waals surface area contributed by atoms with Crippen LogP contribution in [0.4, 0.5) is 0 Å². The fraction of sp³-hybridized carbons (Fsp3) is 0.194. The monoisotopic (exact) mass is 585 g/mol. The molecule has 1 unspecified atom stereocenters. The molecule has 2 heterocycles. The van der Waals surface area contributed by atoms with Gasteiger partial charge in [-0.05, 0) is 77.4 Å². The molecule has 0 saturated heterocycles. The number of amides is 1. The summed E-state index contributed by atoms with van der Waals surface area (Å²) in [7, 11) is 0. The Labute approximate surface area is 256 Å². The van der Waals surface area contributed by atoms with Crippen LogP contribution in [0.1, 0.15) is 45.6 Å². The molecular weight excluding hydrogens is 550 g/mol. The summed E-state index contributed by atoms with van der Waals surface area (Å²) in [5.41, 5.74) is 14.5. The summed E-state index contributed by atoms with van der Waals surface area (Å²) in [5, 5.41) is 18.3. The maximum atomic E-state index is 13.5. The molecule has 0 spiro atoms. The standard InChI is InChI=1S/C36H35N5O3/c1-22-16-28(42)17-23(2)30(22)20-31(37)35(43)39-33(19-27-21-38-32-11-7-6-10-29(27)32)36-40-34(41-44-36)18-24-12-14-26(15-13-24)25-8-4-3-5-9-25/h3-17,21,31,33,38,42H,18-20,37H2,1-2H3,(H,39,43)/t31?,33-/m0/s1. The fourth-order valence-corrected chi connectivity index (χ4v) is 5.71. The van der Waals surface area contributed by atoms with Crippen molar-refractivity contribution in [1.29, 1.82) is 0 Å². The van der Waals surface area contributed by atoms with Crippen LogP contribution in [0.2, 0.25) is 0 Å². The molecule has 8 nitrogen and oxygen atoms in total. The molecule has 0 aliphatic carbocycles. The van der Waals surface area contributed by atoms with Crippen LogP contribution in [-0.4, -0.2) is 32.2 Å². The number of benzene rings is 4. The summed E-state index contributed by atoms with van der Waals surface area (Å²) < 4.78 is 5.75. The van der Waals surface area contributed by atoms with E-state index in [0.717, 1.165) is 49.8 Å². The molecule has 0 aliphatic rings. The van der Waals surface area contributed by atoms with E-state index >= 15 is 0 Å². The van der Waals surface area contributed by atoms with E-state index in [4.69, 9.17) is 15.2 Å². The van der Waals surface area contributed by atoms with Gasteiger partial charge in [0, 0.05) is 29.9 Å². The quantitative estimate of drug-likeness (QED) is 0.154. The van der Waals surface area contributed by atoms with Crippen LogP contribution in [0.25, 0.3) is 22.0 Å². The Bertz CT molecular complexity index is 1870. The van der Waals surface area contributed by atoms with Gasteiger partial charge in [-0.2, -0.15) is 4.98 Å². The molecule has 0 fully saturated rings. The summed E-state index contributed by atoms with van der Waals surface area (Å²) in [6, 6.07) is 28.5. The van der Waals surface area contributed by atoms with Crippen molar-refractivity contribution in [2.75, 3.05) is 0 Å². The Hall–Kier alpha value is -5.21. The number of aryl methyl sites for hydroxylation is 2. The fourth-order valence-electron chi connectivity index (χ4n) is 5.71. The lowest BCUT2D eigenvalue weighted by Gasteiger charge is -2.20. The first kappa shape index (κ1) is 28.9. The van der Waals surface area contributed by atoms with E-state index < -0.39 is 12.1 Å². The molecule has 0 bridgehead atoms. The summed E-state index contributed by atoms with van der Waals surface area (Å²) in [6.07, 6.45) is 3.20. The molecule has 6 rings (SSSR count). The van der Waals surface area contributed by atoms with Gasteiger partial charge in [0.05, 0.1) is 6.04 Å². The minimum atomic E-state index is -0.812. The Morgan fingerprint density at radius 3 is 2.36 bits per heavy atom. The number of nitrogens with two attached hydrogens (primary N) is 1. The third-order valence-electron chi connectivity index (χ3n) is 8.06. The van der Waals surface area contributed by atoms with Crippen LogP contribution in [-0.2, 0) is 24.1 Å². The van der Waals surface area contributed by atoms with Gasteiger partial charge in [-0.15, -0.1) is 0 Å². The number of hydrogen-bond donors (Lipinski definition) is 4. The molecule has 1 amide bonds. The smallest absolute Gasteiger partial charge is 0.249 e. The number of aromatic nitrogens is 3. The number of phenols is 1. The molecule has 2 aromatic heterocycles. The normalized spacial score (nSPS) is 12.7. The first-order valence-electron chi connectivity index (χ1n) is 14.7. The summed E-state index contributed by atoms with van der Waals surface area (Å²) in [6.45, 7) is 3.81. The molecule has 222 valence electrons. The van der Waals surface area contributed by atoms with Gasteiger partial charge in [0.1, 0.15) is 11.8 Å². The largest absolute Gasteiger partial charge is 0.508 e. The topological polar surface area (TPSA) is 130 Å². The zero-order valence-corrected chi connectivity index (χ0v) is 24.7. The van der Waals surface area contributed by atoms with Gasteiger partial charge in [-0.1, -0.05) is 78.0 Å². The molecule has 8 heteroatoms. The second-order valence-corrected chi connectivity index (χ2v) is 11.3. The minimum absolute atomic E-state index is 0.194. The summed E-state index contributed by atoms with van der Waals surface area (Å²) >= 11 is 0. The maximum absolute atomic E-state index is 13.5. The summed E-state index contributed by atoms with van der Waals surface area (Å²) in [4.78, 5) is 21.5. The van der Waals surface area contributed by atoms with E-state index in [2.05, 4.69) is 51.9 Å². The molecular formula is C36H35N5O3. The summed E-state index contributed by atoms with van der Waals surface area (Å²) in [5.74, 6) is 0.729. The third kappa shape index (κ3) is 6.40. The Balaban J connectivity index is 1.22. The first-order valence-corrected chi connectivity index (χ1v) is 14.7. The van der Waals surface area contributed by atoms with Crippen molar-refractivity contribution in [2.45, 2.75) is 45.2 Å². The number of carbonyl (C=O) groups is 1. The average Bonchev–Trinajstić information content (AvgIpc) is 3.66. The van der Waals surface area contributed by atoms with Gasteiger partial charge >= 0.3 is 0 Å². The predicted octanol–water partition coefficient (Wildman–Crippen LogP) is 6.10. The van der Waals surface area contributed by atoms with Crippen LogP contribution >= 0.6 is 0 Å². The lowest BCUT2D eigenvalue weighted by atomic mass is 9.95. The highest BCUT2D eigenvalue weighted by Crippen LogP contribution is 2.26. The lowest BCUT2D eigenvalue weighted by molar-refractivity contribution is -0.123. The number of phenolic OH excluding ortho intramolecular Hbond substituents is 1. The van der Waals surface area contributed by atoms with E-state index in [1.807, 2.05) is 62.5 Å². The minimum Gasteiger partial charge on any atom is -0.508 e. The number of nitrogens with one attached hydrogen (secondary N) is 2. The maximum Gasteiger partial charge on any atom is 0.249 e. The van der Waals surface area contributed by atoms with Crippen molar-refractivity contribution in [3.63, 3.8) is 0 Å². The molecule has 0 radical (unpaired) electrons. The van der Waals surface area contributed by atoms with E-state index in [1.165, 1.54) is 0 Å². The zero-order valence-electron chi connectivity index (χ0n) is 24.7. The molecule has 6 aromatic rings.